The lowest BCUT2D eigenvalue weighted by Crippen LogP contribution is -2.79. The van der Waals surface area contributed by atoms with Crippen molar-refractivity contribution in [3.63, 3.8) is 0 Å². The van der Waals surface area contributed by atoms with E-state index in [-0.39, 0.29) is 0 Å². The summed E-state index contributed by atoms with van der Waals surface area (Å²) in [5.74, 6) is 0.808. The second kappa shape index (κ2) is 7.66. The molecule has 1 aliphatic carbocycles. The molecule has 5 heteroatoms. The Bertz CT molecular complexity index is 720. The van der Waals surface area contributed by atoms with E-state index in [1.165, 1.54) is 38.3 Å². The largest absolute Gasteiger partial charge is 0.319 e. The minimum Gasteiger partial charge on any atom is -0.319 e. The van der Waals surface area contributed by atoms with Crippen LogP contribution in [-0.2, 0) is 0 Å². The Morgan fingerprint density at radius 1 is 1.26 bits per heavy atom. The first kappa shape index (κ1) is 16.1. The van der Waals surface area contributed by atoms with Crippen LogP contribution in [0.1, 0.15) is 37.7 Å². The molecule has 0 spiro atoms. The Balaban J connectivity index is 1.74. The molecule has 1 fully saturated rings. The molecule has 3 rings (SSSR count). The average Bonchev–Trinajstić information content (AvgIpc) is 2.59. The fraction of sp³-hybridized carbons (Fsp3) is 0.389. The van der Waals surface area contributed by atoms with Gasteiger partial charge in [-0.1, -0.05) is 30.9 Å². The van der Waals surface area contributed by atoms with Crippen LogP contribution in [0.4, 0.5) is 0 Å². The van der Waals surface area contributed by atoms with Crippen LogP contribution in [0.15, 0.2) is 30.6 Å². The van der Waals surface area contributed by atoms with Gasteiger partial charge >= 0.3 is 0 Å². The fourth-order valence-corrected chi connectivity index (χ4v) is 3.33. The first-order valence-electron chi connectivity index (χ1n) is 8.23. The summed E-state index contributed by atoms with van der Waals surface area (Å²) >= 11 is 5.95. The molecule has 23 heavy (non-hydrogen) atoms. The van der Waals surface area contributed by atoms with E-state index >= 15 is 0 Å². The van der Waals surface area contributed by atoms with Gasteiger partial charge in [-0.3, -0.25) is 4.98 Å². The molecule has 2 aromatic rings. The molecule has 1 saturated carbocycles. The molecule has 0 unspecified atom stereocenters. The maximum atomic E-state index is 7.68. The van der Waals surface area contributed by atoms with Crippen LogP contribution >= 0.6 is 11.6 Å². The maximum Gasteiger partial charge on any atom is 0.129 e. The van der Waals surface area contributed by atoms with Crippen LogP contribution in [0.5, 0.6) is 0 Å². The first-order valence-corrected chi connectivity index (χ1v) is 8.61. The smallest absolute Gasteiger partial charge is 0.129 e. The summed E-state index contributed by atoms with van der Waals surface area (Å²) in [5, 5.41) is 10.3. The van der Waals surface area contributed by atoms with Crippen LogP contribution in [0.3, 0.4) is 0 Å². The first-order chi connectivity index (χ1) is 11.3. The molecule has 2 heterocycles. The van der Waals surface area contributed by atoms with Crippen molar-refractivity contribution in [1.82, 2.24) is 9.97 Å². The van der Waals surface area contributed by atoms with Crippen molar-refractivity contribution < 1.29 is 5.32 Å². The Morgan fingerprint density at radius 2 is 2.09 bits per heavy atom. The van der Waals surface area contributed by atoms with E-state index in [2.05, 4.69) is 15.3 Å². The van der Waals surface area contributed by atoms with Gasteiger partial charge < -0.3 is 10.7 Å². The van der Waals surface area contributed by atoms with Crippen molar-refractivity contribution >= 4 is 34.4 Å². The van der Waals surface area contributed by atoms with E-state index in [0.717, 1.165) is 34.6 Å². The third-order valence-electron chi connectivity index (χ3n) is 4.48. The zero-order valence-electron chi connectivity index (χ0n) is 13.1. The van der Waals surface area contributed by atoms with Crippen LogP contribution in [-0.4, -0.2) is 22.7 Å². The number of rotatable bonds is 5. The second-order valence-electron chi connectivity index (χ2n) is 6.14. The average molecular weight is 330 g/mol. The number of nitrogens with two attached hydrogens (primary N) is 1. The van der Waals surface area contributed by atoms with Crippen LogP contribution < -0.4 is 5.32 Å². The number of hydrogen-bond acceptors (Lipinski definition) is 3. The molecule has 0 radical (unpaired) electrons. The van der Waals surface area contributed by atoms with Crippen molar-refractivity contribution in [2.75, 3.05) is 6.54 Å². The number of nitrogens with one attached hydrogen (secondary N) is 1. The highest BCUT2D eigenvalue weighted by Crippen LogP contribution is 2.22. The van der Waals surface area contributed by atoms with Gasteiger partial charge in [0.25, 0.3) is 0 Å². The summed E-state index contributed by atoms with van der Waals surface area (Å²) in [6, 6.07) is 5.54. The molecular weight excluding hydrogens is 308 g/mol. The Labute approximate surface area is 141 Å². The number of nitrogens with zero attached hydrogens (tertiary/aromatic N) is 2. The standard InChI is InChI=1S/C18H21ClN4/c19-18-7-6-16-17(23-18)8-14(12-22-16)15(9-20)11-21-10-13-4-2-1-3-5-13/h6-9,11-13,20-21H,1-5,10H2/p+1. The molecule has 3 N–H and O–H groups in total. The lowest BCUT2D eigenvalue weighted by molar-refractivity contribution is -0.594. The number of pyridine rings is 2. The van der Waals surface area contributed by atoms with Crippen molar-refractivity contribution in [3.05, 3.63) is 41.3 Å². The minimum absolute atomic E-state index is 0.459. The number of fused-ring (bicyclic) bond motifs is 1. The lowest BCUT2D eigenvalue weighted by Gasteiger charge is -2.19. The van der Waals surface area contributed by atoms with Gasteiger partial charge in [-0.05, 0) is 31.0 Å². The zero-order chi connectivity index (χ0) is 16.1. The van der Waals surface area contributed by atoms with Gasteiger partial charge in [-0.2, -0.15) is 0 Å². The summed E-state index contributed by atoms with van der Waals surface area (Å²) in [7, 11) is 0. The molecule has 120 valence electrons. The van der Waals surface area contributed by atoms with Gasteiger partial charge in [0.15, 0.2) is 0 Å². The Kier molecular flexibility index (Phi) is 5.36. The van der Waals surface area contributed by atoms with Crippen molar-refractivity contribution in [1.29, 1.82) is 5.41 Å². The van der Waals surface area contributed by atoms with Crippen LogP contribution in [0.2, 0.25) is 5.15 Å². The molecule has 2 aromatic heterocycles. The van der Waals surface area contributed by atoms with E-state index in [4.69, 9.17) is 17.0 Å². The number of allylic oxidation sites excluding steroid dienone is 1. The molecular formula is C18H22ClN4+. The summed E-state index contributed by atoms with van der Waals surface area (Å²) in [4.78, 5) is 8.71. The maximum absolute atomic E-state index is 7.68. The topological polar surface area (TPSA) is 66.2 Å². The van der Waals surface area contributed by atoms with E-state index in [9.17, 15) is 0 Å². The van der Waals surface area contributed by atoms with Crippen LogP contribution in [0, 0.1) is 11.3 Å². The number of hydrogen-bond donors (Lipinski definition) is 2. The molecule has 0 aliphatic heterocycles. The molecule has 0 bridgehead atoms. The van der Waals surface area contributed by atoms with Crippen LogP contribution in [0.25, 0.3) is 16.6 Å². The summed E-state index contributed by atoms with van der Waals surface area (Å²) < 4.78 is 0. The van der Waals surface area contributed by atoms with E-state index in [1.807, 2.05) is 18.3 Å². The third kappa shape index (κ3) is 4.15. The van der Waals surface area contributed by atoms with Crippen molar-refractivity contribution in [2.24, 2.45) is 5.92 Å². The number of quaternary nitrogens is 1. The van der Waals surface area contributed by atoms with Gasteiger partial charge in [-0.25, -0.2) is 4.98 Å². The SMILES string of the molecule is N=CC(=C[NH2+]CC1CCCCC1)c1cnc2ccc(Cl)nc2c1. The predicted molar refractivity (Wildman–Crippen MR) is 94.7 cm³/mol. The summed E-state index contributed by atoms with van der Waals surface area (Å²) in [5.41, 5.74) is 3.34. The molecule has 0 saturated heterocycles. The highest BCUT2D eigenvalue weighted by Gasteiger charge is 2.14. The van der Waals surface area contributed by atoms with Gasteiger partial charge in [0.05, 0.1) is 23.2 Å². The normalized spacial score (nSPS) is 16.7. The van der Waals surface area contributed by atoms with E-state index < -0.39 is 0 Å². The van der Waals surface area contributed by atoms with E-state index in [1.54, 1.807) is 12.3 Å². The molecule has 4 nitrogen and oxygen atoms in total. The van der Waals surface area contributed by atoms with E-state index in [0.29, 0.717) is 5.15 Å². The lowest BCUT2D eigenvalue weighted by atomic mass is 9.89. The predicted octanol–water partition coefficient (Wildman–Crippen LogP) is 3.42. The Morgan fingerprint density at radius 3 is 2.87 bits per heavy atom. The van der Waals surface area contributed by atoms with Crippen molar-refractivity contribution in [3.8, 4) is 0 Å². The minimum atomic E-state index is 0.459. The number of halogens is 1. The van der Waals surface area contributed by atoms with Gasteiger partial charge in [0, 0.05) is 23.9 Å². The fourth-order valence-electron chi connectivity index (χ4n) is 3.18. The quantitative estimate of drug-likeness (QED) is 0.652. The number of aromatic nitrogens is 2. The Hall–Kier alpha value is -1.78. The monoisotopic (exact) mass is 329 g/mol. The third-order valence-corrected chi connectivity index (χ3v) is 4.69. The second-order valence-corrected chi connectivity index (χ2v) is 6.53. The molecule has 1 aliphatic rings. The van der Waals surface area contributed by atoms with Gasteiger partial charge in [-0.15, -0.1) is 0 Å². The summed E-state index contributed by atoms with van der Waals surface area (Å²) in [6.45, 7) is 1.10. The van der Waals surface area contributed by atoms with Gasteiger partial charge in [0.2, 0.25) is 0 Å². The molecule has 0 atom stereocenters. The summed E-state index contributed by atoms with van der Waals surface area (Å²) in [6.07, 6.45) is 12.0. The molecule has 0 aromatic carbocycles. The molecule has 0 amide bonds. The zero-order valence-corrected chi connectivity index (χ0v) is 13.9. The van der Waals surface area contributed by atoms with Crippen molar-refractivity contribution in [2.45, 2.75) is 32.1 Å². The highest BCUT2D eigenvalue weighted by molar-refractivity contribution is 6.29. The van der Waals surface area contributed by atoms with Gasteiger partial charge in [0.1, 0.15) is 11.4 Å². The highest BCUT2D eigenvalue weighted by atomic mass is 35.5.